The summed E-state index contributed by atoms with van der Waals surface area (Å²) in [5.41, 5.74) is 4.19. The van der Waals surface area contributed by atoms with Gasteiger partial charge in [0.1, 0.15) is 0 Å². The highest BCUT2D eigenvalue weighted by Gasteiger charge is 2.55. The number of benzene rings is 2. The molecule has 1 unspecified atom stereocenters. The first-order valence-electron chi connectivity index (χ1n) is 14.8. The minimum absolute atomic E-state index is 0.0824. The number of carbonyl (C=O) groups excluding carboxylic acids is 1. The van der Waals surface area contributed by atoms with E-state index >= 15 is 0 Å². The van der Waals surface area contributed by atoms with Crippen LogP contribution in [-0.4, -0.2) is 24.2 Å². The fourth-order valence-corrected chi connectivity index (χ4v) is 9.74. The van der Waals surface area contributed by atoms with Crippen molar-refractivity contribution in [3.05, 3.63) is 69.2 Å². The molecule has 2 N–H and O–H groups in total. The molecule has 0 aliphatic heterocycles. The van der Waals surface area contributed by atoms with Gasteiger partial charge in [0.05, 0.1) is 18.6 Å². The van der Waals surface area contributed by atoms with Crippen molar-refractivity contribution in [2.75, 3.05) is 13.2 Å². The number of thiocarbonyl (C=S) groups is 1. The number of aryl methyl sites for hydroxylation is 1. The summed E-state index contributed by atoms with van der Waals surface area (Å²) >= 11 is 9.18. The monoisotopic (exact) mass is 662 g/mol. The molecule has 224 valence electrons. The second-order valence-corrected chi connectivity index (χ2v) is 15.5. The van der Waals surface area contributed by atoms with E-state index in [1.807, 2.05) is 24.3 Å². The van der Waals surface area contributed by atoms with Crippen LogP contribution in [0.4, 0.5) is 0 Å². The zero-order valence-electron chi connectivity index (χ0n) is 25.1. The van der Waals surface area contributed by atoms with Gasteiger partial charge in [0.15, 0.2) is 10.9 Å². The van der Waals surface area contributed by atoms with Crippen molar-refractivity contribution in [2.24, 2.45) is 11.3 Å². The summed E-state index contributed by atoms with van der Waals surface area (Å²) < 4.78 is 26.1. The second-order valence-electron chi connectivity index (χ2n) is 12.1. The van der Waals surface area contributed by atoms with Crippen molar-refractivity contribution in [3.63, 3.8) is 0 Å². The Morgan fingerprint density at radius 1 is 1.10 bits per heavy atom. The molecule has 41 heavy (non-hydrogen) atoms. The van der Waals surface area contributed by atoms with E-state index in [0.29, 0.717) is 11.5 Å². The van der Waals surface area contributed by atoms with Crippen LogP contribution in [0.25, 0.3) is 0 Å². The molecule has 1 amide bonds. The maximum Gasteiger partial charge on any atom is 0.357 e. The Hall–Kier alpha value is -1.57. The third kappa shape index (κ3) is 6.52. The first kappa shape index (κ1) is 32.3. The highest BCUT2D eigenvalue weighted by Crippen LogP contribution is 2.60. The first-order valence-corrected chi connectivity index (χ1v) is 17.6. The lowest BCUT2D eigenvalue weighted by Crippen LogP contribution is -2.57. The van der Waals surface area contributed by atoms with Crippen LogP contribution < -0.4 is 10.6 Å². The van der Waals surface area contributed by atoms with Gasteiger partial charge in [-0.25, -0.2) is 0 Å². The van der Waals surface area contributed by atoms with Gasteiger partial charge in [-0.05, 0) is 103 Å². The normalized spacial score (nSPS) is 24.7. The Kier molecular flexibility index (Phi) is 10.2. The van der Waals surface area contributed by atoms with E-state index in [9.17, 15) is 9.36 Å². The van der Waals surface area contributed by atoms with Gasteiger partial charge in [0.25, 0.3) is 0 Å². The van der Waals surface area contributed by atoms with Crippen molar-refractivity contribution in [3.8, 4) is 0 Å². The molecule has 0 heterocycles. The molecular formula is C32H44BrN2O4PS. The molecule has 2 aliphatic rings. The Labute approximate surface area is 259 Å². The molecule has 6 nitrogen and oxygen atoms in total. The number of carbonyl (C=O) groups is 1. The summed E-state index contributed by atoms with van der Waals surface area (Å²) in [5, 5.41) is 6.25. The summed E-state index contributed by atoms with van der Waals surface area (Å²) in [5.74, 6) is -0.302. The Morgan fingerprint density at radius 3 is 2.44 bits per heavy atom. The van der Waals surface area contributed by atoms with Gasteiger partial charge in [0, 0.05) is 4.47 Å². The van der Waals surface area contributed by atoms with Gasteiger partial charge in [-0.3, -0.25) is 9.36 Å². The van der Waals surface area contributed by atoms with Crippen LogP contribution in [0.15, 0.2) is 46.9 Å². The van der Waals surface area contributed by atoms with Gasteiger partial charge in [-0.15, -0.1) is 0 Å². The topological polar surface area (TPSA) is 76.7 Å². The van der Waals surface area contributed by atoms with Crippen molar-refractivity contribution >= 4 is 46.8 Å². The van der Waals surface area contributed by atoms with Crippen LogP contribution in [0.2, 0.25) is 0 Å². The molecule has 1 fully saturated rings. The lowest BCUT2D eigenvalue weighted by Gasteiger charge is -2.54. The summed E-state index contributed by atoms with van der Waals surface area (Å²) in [4.78, 5) is 14.1. The summed E-state index contributed by atoms with van der Waals surface area (Å²) in [6, 6.07) is 14.4. The Balaban J connectivity index is 1.58. The third-order valence-electron chi connectivity index (χ3n) is 9.16. The molecule has 0 spiro atoms. The van der Waals surface area contributed by atoms with Gasteiger partial charge in [0.2, 0.25) is 5.91 Å². The van der Waals surface area contributed by atoms with Crippen LogP contribution in [0.3, 0.4) is 0 Å². The van der Waals surface area contributed by atoms with E-state index in [1.165, 1.54) is 16.7 Å². The van der Waals surface area contributed by atoms with Gasteiger partial charge >= 0.3 is 7.60 Å². The van der Waals surface area contributed by atoms with E-state index < -0.39 is 18.8 Å². The number of hydrogen-bond acceptors (Lipinski definition) is 5. The molecule has 2 aromatic rings. The maximum absolute atomic E-state index is 14.1. The molecule has 2 aliphatic carbocycles. The molecule has 0 radical (unpaired) electrons. The largest absolute Gasteiger partial charge is 0.357 e. The Bertz CT molecular complexity index is 1330. The van der Waals surface area contributed by atoms with E-state index in [0.717, 1.165) is 36.6 Å². The standard InChI is InChI=1S/C32H44BrN2O4PS/c1-7-38-40(37,39-8-2)28(24-11-9-12-25(33)20-24)34-30(41)35-29(36)32(6)18-10-17-31(5)26-15-13-22(21(3)4)19-23(26)14-16-27(31)32/h9,11-13,15,19-21,27-28H,7-8,10,14,16-18H2,1-6H3,(H2,34,35,36,41)/t27-,28?,31-,32-/m1/s1. The summed E-state index contributed by atoms with van der Waals surface area (Å²) in [7, 11) is -3.67. The van der Waals surface area contributed by atoms with E-state index in [2.05, 4.69) is 72.5 Å². The second kappa shape index (κ2) is 13.0. The minimum atomic E-state index is -3.67. The quantitative estimate of drug-likeness (QED) is 0.207. The van der Waals surface area contributed by atoms with Gasteiger partial charge in [-0.1, -0.05) is 80.4 Å². The molecule has 4 rings (SSSR count). The van der Waals surface area contributed by atoms with Crippen LogP contribution >= 0.6 is 35.7 Å². The molecule has 4 atom stereocenters. The number of hydrogen-bond donors (Lipinski definition) is 2. The fraction of sp³-hybridized carbons (Fsp3) is 0.562. The molecule has 1 saturated carbocycles. The van der Waals surface area contributed by atoms with Gasteiger partial charge in [-0.2, -0.15) is 0 Å². The van der Waals surface area contributed by atoms with Crippen molar-refractivity contribution in [1.29, 1.82) is 0 Å². The van der Waals surface area contributed by atoms with Crippen molar-refractivity contribution in [2.45, 2.75) is 90.8 Å². The van der Waals surface area contributed by atoms with Crippen molar-refractivity contribution < 1.29 is 18.4 Å². The van der Waals surface area contributed by atoms with Crippen LogP contribution in [0, 0.1) is 11.3 Å². The SMILES string of the molecule is CCOP(=O)(OCC)C(NC(=S)NC(=O)[C@]1(C)CCC[C@]2(C)c3ccc(C(C)C)cc3CC[C@@H]12)c1cccc(Br)c1. The third-order valence-corrected chi connectivity index (χ3v) is 12.2. The molecular weight excluding hydrogens is 619 g/mol. The lowest BCUT2D eigenvalue weighted by atomic mass is 9.49. The maximum atomic E-state index is 14.1. The smallest absolute Gasteiger partial charge is 0.345 e. The summed E-state index contributed by atoms with van der Waals surface area (Å²) in [6.45, 7) is 12.9. The van der Waals surface area contributed by atoms with Crippen LogP contribution in [0.5, 0.6) is 0 Å². The predicted octanol–water partition coefficient (Wildman–Crippen LogP) is 8.54. The number of nitrogens with one attached hydrogen (secondary N) is 2. The first-order chi connectivity index (χ1) is 19.4. The van der Waals surface area contributed by atoms with Crippen LogP contribution in [0.1, 0.15) is 101 Å². The molecule has 0 aromatic heterocycles. The highest BCUT2D eigenvalue weighted by atomic mass is 79.9. The van der Waals surface area contributed by atoms with E-state index in [4.69, 9.17) is 21.3 Å². The zero-order chi connectivity index (χ0) is 30.0. The van der Waals surface area contributed by atoms with Crippen LogP contribution in [-0.2, 0) is 30.2 Å². The highest BCUT2D eigenvalue weighted by molar-refractivity contribution is 9.10. The number of rotatable bonds is 9. The number of fused-ring (bicyclic) bond motifs is 3. The van der Waals surface area contributed by atoms with Crippen molar-refractivity contribution in [1.82, 2.24) is 10.6 Å². The average Bonchev–Trinajstić information content (AvgIpc) is 2.91. The number of amides is 1. The molecule has 0 bridgehead atoms. The average molecular weight is 664 g/mol. The zero-order valence-corrected chi connectivity index (χ0v) is 28.4. The van der Waals surface area contributed by atoms with E-state index in [1.54, 1.807) is 13.8 Å². The summed E-state index contributed by atoms with van der Waals surface area (Å²) in [6.07, 6.45) is 4.76. The van der Waals surface area contributed by atoms with Gasteiger partial charge < -0.3 is 19.7 Å². The molecule has 2 aromatic carbocycles. The minimum Gasteiger partial charge on any atom is -0.345 e. The predicted molar refractivity (Wildman–Crippen MR) is 173 cm³/mol. The molecule has 0 saturated heterocycles. The molecule has 9 heteroatoms. The Morgan fingerprint density at radius 2 is 1.80 bits per heavy atom. The fourth-order valence-electron chi connectivity index (χ4n) is 7.12. The number of halogens is 1. The van der Waals surface area contributed by atoms with E-state index in [-0.39, 0.29) is 35.6 Å². The lowest BCUT2D eigenvalue weighted by molar-refractivity contribution is -0.137.